The van der Waals surface area contributed by atoms with E-state index >= 15 is 0 Å². The van der Waals surface area contributed by atoms with Gasteiger partial charge in [0.25, 0.3) is 0 Å². The Labute approximate surface area is 138 Å². The minimum Gasteiger partial charge on any atom is -0.405 e. The molecule has 0 unspecified atom stereocenters. The van der Waals surface area contributed by atoms with Gasteiger partial charge in [0.05, 0.1) is 11.4 Å². The Morgan fingerprint density at radius 1 is 1.32 bits per heavy atom. The van der Waals surface area contributed by atoms with Gasteiger partial charge in [-0.3, -0.25) is 0 Å². The summed E-state index contributed by atoms with van der Waals surface area (Å²) in [7, 11) is 1.81. The molecule has 0 bridgehead atoms. The lowest BCUT2D eigenvalue weighted by atomic mass is 10.0. The van der Waals surface area contributed by atoms with Gasteiger partial charge in [-0.25, -0.2) is 4.39 Å². The minimum absolute atomic E-state index is 0.318. The van der Waals surface area contributed by atoms with Crippen molar-refractivity contribution in [2.24, 2.45) is 11.5 Å². The maximum Gasteiger partial charge on any atom is 0.123 e. The highest BCUT2D eigenvalue weighted by atomic mass is 79.9. The molecule has 0 fully saturated rings. The molecule has 1 aromatic carbocycles. The summed E-state index contributed by atoms with van der Waals surface area (Å²) in [6, 6.07) is 5.96. The zero-order valence-electron chi connectivity index (χ0n) is 12.4. The zero-order valence-corrected chi connectivity index (χ0v) is 14.0. The molecule has 0 saturated carbocycles. The Morgan fingerprint density at radius 2 is 1.91 bits per heavy atom. The van der Waals surface area contributed by atoms with Crippen molar-refractivity contribution in [1.29, 1.82) is 0 Å². The number of benzene rings is 1. The fourth-order valence-electron chi connectivity index (χ4n) is 1.87. The highest BCUT2D eigenvalue weighted by molar-refractivity contribution is 9.11. The first-order valence-corrected chi connectivity index (χ1v) is 7.25. The third-order valence-electron chi connectivity index (χ3n) is 2.90. The van der Waals surface area contributed by atoms with E-state index in [4.69, 9.17) is 11.5 Å². The van der Waals surface area contributed by atoms with Gasteiger partial charge in [0.2, 0.25) is 0 Å². The predicted molar refractivity (Wildman–Crippen MR) is 94.9 cm³/mol. The molecule has 116 valence electrons. The van der Waals surface area contributed by atoms with Crippen molar-refractivity contribution < 1.29 is 4.39 Å². The minimum atomic E-state index is -0.318. The van der Waals surface area contributed by atoms with Crippen LogP contribution in [0.5, 0.6) is 0 Å². The molecule has 0 spiro atoms. The second kappa shape index (κ2) is 8.24. The van der Waals surface area contributed by atoms with E-state index in [0.717, 1.165) is 5.57 Å². The third-order valence-corrected chi connectivity index (χ3v) is 3.13. The lowest BCUT2D eigenvalue weighted by Gasteiger charge is -2.22. The van der Waals surface area contributed by atoms with Gasteiger partial charge >= 0.3 is 0 Å². The Balaban J connectivity index is 3.55. The summed E-state index contributed by atoms with van der Waals surface area (Å²) in [6.07, 6.45) is 6.53. The molecule has 5 heteroatoms. The van der Waals surface area contributed by atoms with E-state index in [1.165, 1.54) is 18.3 Å². The van der Waals surface area contributed by atoms with E-state index in [2.05, 4.69) is 29.1 Å². The number of allylic oxidation sites excluding steroid dienone is 3. The molecule has 4 N–H and O–H groups in total. The molecule has 1 rings (SSSR count). The third kappa shape index (κ3) is 4.63. The van der Waals surface area contributed by atoms with E-state index in [1.54, 1.807) is 35.4 Å². The lowest BCUT2D eigenvalue weighted by Crippen LogP contribution is -2.17. The number of hydrogen-bond donors (Lipinski definition) is 2. The molecule has 0 heterocycles. The summed E-state index contributed by atoms with van der Waals surface area (Å²) in [4.78, 5) is 1.76. The van der Waals surface area contributed by atoms with Crippen LogP contribution in [-0.4, -0.2) is 11.9 Å². The largest absolute Gasteiger partial charge is 0.405 e. The highest BCUT2D eigenvalue weighted by Gasteiger charge is 2.13. The van der Waals surface area contributed by atoms with Crippen LogP contribution in [0.15, 0.2) is 77.7 Å². The maximum absolute atomic E-state index is 13.1. The van der Waals surface area contributed by atoms with Crippen molar-refractivity contribution in [3.05, 3.63) is 89.1 Å². The molecule has 1 aromatic rings. The molecule has 3 nitrogen and oxygen atoms in total. The average Bonchev–Trinajstić information content (AvgIpc) is 2.47. The molecule has 0 saturated heterocycles. The van der Waals surface area contributed by atoms with Gasteiger partial charge in [-0.15, -0.1) is 0 Å². The number of likely N-dealkylation sites (N-methyl/N-ethyl adjacent to an activating group) is 1. The van der Waals surface area contributed by atoms with Crippen molar-refractivity contribution in [3.63, 3.8) is 0 Å². The van der Waals surface area contributed by atoms with Crippen LogP contribution in [0.4, 0.5) is 4.39 Å². The van der Waals surface area contributed by atoms with Gasteiger partial charge in [-0.2, -0.15) is 0 Å². The smallest absolute Gasteiger partial charge is 0.123 e. The Bertz CT molecular complexity index is 642. The fourth-order valence-corrected chi connectivity index (χ4v) is 2.12. The van der Waals surface area contributed by atoms with E-state index in [0.29, 0.717) is 21.4 Å². The summed E-state index contributed by atoms with van der Waals surface area (Å²) < 4.78 is 13.8. The first kappa shape index (κ1) is 17.8. The van der Waals surface area contributed by atoms with Crippen molar-refractivity contribution in [1.82, 2.24) is 4.90 Å². The summed E-state index contributed by atoms with van der Waals surface area (Å²) >= 11 is 3.30. The van der Waals surface area contributed by atoms with E-state index in [1.807, 2.05) is 7.05 Å². The number of hydrogen-bond acceptors (Lipinski definition) is 3. The van der Waals surface area contributed by atoms with Gasteiger partial charge in [-0.05, 0) is 54.4 Å². The van der Waals surface area contributed by atoms with Crippen molar-refractivity contribution >= 4 is 21.6 Å². The molecule has 0 radical (unpaired) electrons. The molecule has 0 aliphatic carbocycles. The van der Waals surface area contributed by atoms with E-state index in [-0.39, 0.29) is 5.82 Å². The molecular formula is C17H19BrFN3. The van der Waals surface area contributed by atoms with Crippen LogP contribution in [0.3, 0.4) is 0 Å². The number of halogens is 2. The Hall–Kier alpha value is -2.27. The lowest BCUT2D eigenvalue weighted by molar-refractivity contribution is 0.585. The van der Waals surface area contributed by atoms with Crippen LogP contribution in [-0.2, 0) is 0 Å². The second-order valence-electron chi connectivity index (χ2n) is 4.47. The van der Waals surface area contributed by atoms with Gasteiger partial charge in [0.1, 0.15) is 5.82 Å². The molecule has 0 atom stereocenters. The van der Waals surface area contributed by atoms with Gasteiger partial charge in [0.15, 0.2) is 0 Å². The van der Waals surface area contributed by atoms with Crippen LogP contribution < -0.4 is 11.5 Å². The number of nitrogens with zero attached hydrogens (tertiary/aromatic N) is 1. The highest BCUT2D eigenvalue weighted by Crippen LogP contribution is 2.25. The fraction of sp³-hybridized carbons (Fsp3) is 0.0588. The van der Waals surface area contributed by atoms with Crippen LogP contribution >= 0.6 is 15.9 Å². The van der Waals surface area contributed by atoms with Gasteiger partial charge in [-0.1, -0.05) is 29.1 Å². The van der Waals surface area contributed by atoms with E-state index < -0.39 is 0 Å². The topological polar surface area (TPSA) is 55.3 Å². The monoisotopic (exact) mass is 363 g/mol. The molecule has 0 aromatic heterocycles. The molecule has 0 aliphatic rings. The SMILES string of the molecule is C=CN(C)C(=C(\N)c1ccc(F)cc1)/C(/C=C\N)=C/C(=C)Br. The van der Waals surface area contributed by atoms with Crippen molar-refractivity contribution in [2.45, 2.75) is 0 Å². The number of rotatable bonds is 6. The summed E-state index contributed by atoms with van der Waals surface area (Å²) in [5.74, 6) is -0.318. The van der Waals surface area contributed by atoms with Crippen LogP contribution in [0.25, 0.3) is 5.70 Å². The molecule has 22 heavy (non-hydrogen) atoms. The number of nitrogens with two attached hydrogens (primary N) is 2. The Kier molecular flexibility index (Phi) is 6.66. The summed E-state index contributed by atoms with van der Waals surface area (Å²) in [5.41, 5.74) is 14.4. The van der Waals surface area contributed by atoms with E-state index in [9.17, 15) is 4.39 Å². The zero-order chi connectivity index (χ0) is 16.7. The normalized spacial score (nSPS) is 13.0. The van der Waals surface area contributed by atoms with Gasteiger partial charge in [0, 0.05) is 17.1 Å². The molecule has 0 aliphatic heterocycles. The van der Waals surface area contributed by atoms with Crippen LogP contribution in [0.2, 0.25) is 0 Å². The first-order valence-electron chi connectivity index (χ1n) is 6.46. The van der Waals surface area contributed by atoms with Gasteiger partial charge < -0.3 is 16.4 Å². The predicted octanol–water partition coefficient (Wildman–Crippen LogP) is 3.84. The first-order chi connectivity index (χ1) is 10.4. The van der Waals surface area contributed by atoms with Crippen LogP contribution in [0, 0.1) is 5.82 Å². The maximum atomic E-state index is 13.1. The summed E-state index contributed by atoms with van der Waals surface area (Å²) in [6.45, 7) is 7.55. The molecular weight excluding hydrogens is 345 g/mol. The Morgan fingerprint density at radius 3 is 2.36 bits per heavy atom. The van der Waals surface area contributed by atoms with Crippen molar-refractivity contribution in [3.8, 4) is 0 Å². The van der Waals surface area contributed by atoms with Crippen LogP contribution in [0.1, 0.15) is 5.56 Å². The quantitative estimate of drug-likeness (QED) is 0.755. The van der Waals surface area contributed by atoms with Crippen molar-refractivity contribution in [2.75, 3.05) is 7.05 Å². The molecule has 0 amide bonds. The summed E-state index contributed by atoms with van der Waals surface area (Å²) in [5, 5.41) is 0. The standard InChI is InChI=1S/C17H19BrFN3/c1-4-22(3)17(14(9-10-20)11-12(2)18)16(21)13-5-7-15(19)8-6-13/h4-11H,1-2,20-21H2,3H3/b10-9-,14-11+,17-16-. The second-order valence-corrected chi connectivity index (χ2v) is 5.49. The average molecular weight is 364 g/mol.